The highest BCUT2D eigenvalue weighted by molar-refractivity contribution is 5.87. The van der Waals surface area contributed by atoms with Crippen LogP contribution in [0.2, 0.25) is 0 Å². The van der Waals surface area contributed by atoms with E-state index in [-0.39, 0.29) is 12.1 Å². The van der Waals surface area contributed by atoms with Gasteiger partial charge in [0.15, 0.2) is 0 Å². The molecule has 1 amide bonds. The Morgan fingerprint density at radius 2 is 1.80 bits per heavy atom. The second-order valence-electron chi connectivity index (χ2n) is 4.57. The van der Waals surface area contributed by atoms with Crippen LogP contribution in [0.15, 0.2) is 54.6 Å². The smallest absolute Gasteiger partial charge is 0.330 e. The minimum absolute atomic E-state index is 0.0911. The maximum Gasteiger partial charge on any atom is 0.344 e. The largest absolute Gasteiger partial charge is 0.344 e. The molecular weight excluding hydrogens is 252 g/mol. The lowest BCUT2D eigenvalue weighted by Gasteiger charge is -2.13. The van der Waals surface area contributed by atoms with Crippen molar-refractivity contribution in [3.05, 3.63) is 60.2 Å². The first-order valence-corrected chi connectivity index (χ1v) is 6.42. The molecule has 0 radical (unpaired) electrons. The summed E-state index contributed by atoms with van der Waals surface area (Å²) in [6.07, 6.45) is 0. The number of hydrogen-bond acceptors (Lipinski definition) is 3. The van der Waals surface area contributed by atoms with Crippen LogP contribution in [0.25, 0.3) is 11.0 Å². The summed E-state index contributed by atoms with van der Waals surface area (Å²) >= 11 is 0. The van der Waals surface area contributed by atoms with Gasteiger partial charge in [0, 0.05) is 0 Å². The quantitative estimate of drug-likeness (QED) is 0.775. The molecule has 0 bridgehead atoms. The van der Waals surface area contributed by atoms with Gasteiger partial charge in [-0.3, -0.25) is 0 Å². The second-order valence-corrected chi connectivity index (χ2v) is 4.57. The van der Waals surface area contributed by atoms with Crippen LogP contribution in [0, 0.1) is 0 Å². The Kier molecular flexibility index (Phi) is 3.16. The third-order valence-corrected chi connectivity index (χ3v) is 3.18. The molecule has 5 nitrogen and oxygen atoms in total. The van der Waals surface area contributed by atoms with Crippen LogP contribution in [0.1, 0.15) is 18.5 Å². The standard InChI is InChI=1S/C15H14N4O/c1-11(12-7-3-2-4-8-12)16-15(20)19-14-10-6-5-9-13(14)17-18-19/h2-11H,1H3,(H,16,20)/t11-/m1/s1. The molecule has 20 heavy (non-hydrogen) atoms. The van der Waals surface area contributed by atoms with Crippen LogP contribution in [-0.2, 0) is 0 Å². The topological polar surface area (TPSA) is 59.8 Å². The van der Waals surface area contributed by atoms with E-state index in [0.717, 1.165) is 5.56 Å². The number of carbonyl (C=O) groups is 1. The molecule has 0 fully saturated rings. The van der Waals surface area contributed by atoms with E-state index in [1.54, 1.807) is 0 Å². The molecule has 0 saturated carbocycles. The fraction of sp³-hybridized carbons (Fsp3) is 0.133. The van der Waals surface area contributed by atoms with Crippen LogP contribution >= 0.6 is 0 Å². The van der Waals surface area contributed by atoms with Crippen molar-refractivity contribution in [1.29, 1.82) is 0 Å². The number of para-hydroxylation sites is 1. The van der Waals surface area contributed by atoms with E-state index < -0.39 is 0 Å². The molecule has 3 aromatic rings. The number of nitrogens with zero attached hydrogens (tertiary/aromatic N) is 3. The highest BCUT2D eigenvalue weighted by Crippen LogP contribution is 2.13. The van der Waals surface area contributed by atoms with E-state index in [1.807, 2.05) is 61.5 Å². The minimum Gasteiger partial charge on any atom is -0.330 e. The molecule has 0 spiro atoms. The molecule has 0 aliphatic heterocycles. The lowest BCUT2D eigenvalue weighted by atomic mass is 10.1. The molecule has 0 saturated heterocycles. The van der Waals surface area contributed by atoms with Gasteiger partial charge in [-0.15, -0.1) is 5.10 Å². The maximum atomic E-state index is 12.3. The van der Waals surface area contributed by atoms with Gasteiger partial charge in [-0.25, -0.2) is 4.79 Å². The predicted molar refractivity (Wildman–Crippen MR) is 76.3 cm³/mol. The molecule has 1 aromatic heterocycles. The van der Waals surface area contributed by atoms with E-state index >= 15 is 0 Å². The Morgan fingerprint density at radius 1 is 1.10 bits per heavy atom. The Balaban J connectivity index is 1.83. The van der Waals surface area contributed by atoms with E-state index in [0.29, 0.717) is 11.0 Å². The monoisotopic (exact) mass is 266 g/mol. The van der Waals surface area contributed by atoms with Crippen LogP contribution in [-0.4, -0.2) is 21.0 Å². The average Bonchev–Trinajstić information content (AvgIpc) is 2.92. The Labute approximate surface area is 116 Å². The Bertz CT molecular complexity index is 736. The molecule has 2 aromatic carbocycles. The molecule has 100 valence electrons. The fourth-order valence-corrected chi connectivity index (χ4v) is 2.09. The average molecular weight is 266 g/mol. The van der Waals surface area contributed by atoms with Gasteiger partial charge in [0.1, 0.15) is 5.52 Å². The summed E-state index contributed by atoms with van der Waals surface area (Å²) in [6.45, 7) is 1.94. The number of hydrogen-bond donors (Lipinski definition) is 1. The highest BCUT2D eigenvalue weighted by Gasteiger charge is 2.14. The van der Waals surface area contributed by atoms with Crippen molar-refractivity contribution in [2.75, 3.05) is 0 Å². The summed E-state index contributed by atoms with van der Waals surface area (Å²) in [4.78, 5) is 12.3. The molecule has 0 unspecified atom stereocenters. The van der Waals surface area contributed by atoms with Crippen LogP contribution < -0.4 is 5.32 Å². The SMILES string of the molecule is C[C@@H](NC(=O)n1nnc2ccccc21)c1ccccc1. The predicted octanol–water partition coefficient (Wildman–Crippen LogP) is 2.75. The number of rotatable bonds is 2. The summed E-state index contributed by atoms with van der Waals surface area (Å²) in [6, 6.07) is 16.8. The van der Waals surface area contributed by atoms with E-state index in [9.17, 15) is 4.79 Å². The molecule has 0 aliphatic rings. The van der Waals surface area contributed by atoms with Gasteiger partial charge in [0.2, 0.25) is 0 Å². The molecule has 1 N–H and O–H groups in total. The highest BCUT2D eigenvalue weighted by atomic mass is 16.2. The first-order chi connectivity index (χ1) is 9.75. The molecule has 1 atom stereocenters. The molecule has 1 heterocycles. The fourth-order valence-electron chi connectivity index (χ4n) is 2.09. The zero-order chi connectivity index (χ0) is 13.9. The lowest BCUT2D eigenvalue weighted by molar-refractivity contribution is 0.237. The van der Waals surface area contributed by atoms with Crippen LogP contribution in [0.5, 0.6) is 0 Å². The Hall–Kier alpha value is -2.69. The van der Waals surface area contributed by atoms with Crippen molar-refractivity contribution >= 4 is 17.1 Å². The first kappa shape index (κ1) is 12.3. The summed E-state index contributed by atoms with van der Waals surface area (Å²) in [5, 5.41) is 10.8. The van der Waals surface area contributed by atoms with E-state index in [2.05, 4.69) is 15.6 Å². The number of amides is 1. The summed E-state index contributed by atoms with van der Waals surface area (Å²) < 4.78 is 1.29. The summed E-state index contributed by atoms with van der Waals surface area (Å²) in [7, 11) is 0. The molecule has 5 heteroatoms. The van der Waals surface area contributed by atoms with Gasteiger partial charge >= 0.3 is 6.03 Å². The van der Waals surface area contributed by atoms with Crippen LogP contribution in [0.4, 0.5) is 4.79 Å². The summed E-state index contributed by atoms with van der Waals surface area (Å²) in [5.41, 5.74) is 2.45. The van der Waals surface area contributed by atoms with Crippen LogP contribution in [0.3, 0.4) is 0 Å². The van der Waals surface area contributed by atoms with Gasteiger partial charge in [0.25, 0.3) is 0 Å². The van der Waals surface area contributed by atoms with Gasteiger partial charge < -0.3 is 5.32 Å². The number of benzene rings is 2. The Morgan fingerprint density at radius 3 is 2.60 bits per heavy atom. The molecular formula is C15H14N4O. The third-order valence-electron chi connectivity index (χ3n) is 3.18. The minimum atomic E-state index is -0.282. The van der Waals surface area contributed by atoms with Crippen molar-refractivity contribution in [2.45, 2.75) is 13.0 Å². The second kappa shape index (κ2) is 5.13. The normalized spacial score (nSPS) is 12.2. The first-order valence-electron chi connectivity index (χ1n) is 6.42. The zero-order valence-electron chi connectivity index (χ0n) is 11.0. The van der Waals surface area contributed by atoms with Crippen molar-refractivity contribution in [3.8, 4) is 0 Å². The number of carbonyl (C=O) groups excluding carboxylic acids is 1. The van der Waals surface area contributed by atoms with Gasteiger partial charge in [-0.1, -0.05) is 47.7 Å². The third kappa shape index (κ3) is 2.25. The maximum absolute atomic E-state index is 12.3. The van der Waals surface area contributed by atoms with Gasteiger partial charge in [-0.2, -0.15) is 4.68 Å². The van der Waals surface area contributed by atoms with Gasteiger partial charge in [-0.05, 0) is 24.6 Å². The molecule has 3 rings (SSSR count). The van der Waals surface area contributed by atoms with E-state index in [4.69, 9.17) is 0 Å². The lowest BCUT2D eigenvalue weighted by Crippen LogP contribution is -2.31. The van der Waals surface area contributed by atoms with Crippen molar-refractivity contribution < 1.29 is 4.79 Å². The van der Waals surface area contributed by atoms with Crippen molar-refractivity contribution in [2.24, 2.45) is 0 Å². The number of fused-ring (bicyclic) bond motifs is 1. The number of aromatic nitrogens is 3. The van der Waals surface area contributed by atoms with E-state index in [1.165, 1.54) is 4.68 Å². The van der Waals surface area contributed by atoms with Crippen molar-refractivity contribution in [3.63, 3.8) is 0 Å². The summed E-state index contributed by atoms with van der Waals surface area (Å²) in [5.74, 6) is 0. The zero-order valence-corrected chi connectivity index (χ0v) is 11.0. The number of nitrogens with one attached hydrogen (secondary N) is 1. The van der Waals surface area contributed by atoms with Gasteiger partial charge in [0.05, 0.1) is 11.6 Å². The molecule has 0 aliphatic carbocycles. The van der Waals surface area contributed by atoms with Crippen molar-refractivity contribution in [1.82, 2.24) is 20.3 Å².